The van der Waals surface area contributed by atoms with Crippen LogP contribution in [0.15, 0.2) is 48.5 Å². The number of ether oxygens (including phenoxy) is 2. The Hall–Kier alpha value is -2.82. The molecule has 2 aromatic rings. The smallest absolute Gasteiger partial charge is 0.337 e. The molecule has 0 aromatic heterocycles. The first-order valence-electron chi connectivity index (χ1n) is 6.30. The van der Waals surface area contributed by atoms with Crippen molar-refractivity contribution in [2.24, 2.45) is 5.73 Å². The molecule has 2 aromatic carbocycles. The summed E-state index contributed by atoms with van der Waals surface area (Å²) in [6, 6.07) is 13.5. The zero-order valence-electron chi connectivity index (χ0n) is 11.5. The highest BCUT2D eigenvalue weighted by atomic mass is 16.5. The fourth-order valence-corrected chi connectivity index (χ4v) is 1.74. The number of nitrogens with two attached hydrogens (primary N) is 1. The van der Waals surface area contributed by atoms with Gasteiger partial charge in [-0.2, -0.15) is 0 Å². The van der Waals surface area contributed by atoms with E-state index in [9.17, 15) is 9.59 Å². The van der Waals surface area contributed by atoms with Crippen molar-refractivity contribution in [3.05, 3.63) is 65.2 Å². The molecule has 0 aliphatic rings. The minimum Gasteiger partial charge on any atom is -0.489 e. The lowest BCUT2D eigenvalue weighted by Gasteiger charge is -2.07. The van der Waals surface area contributed by atoms with Gasteiger partial charge in [-0.15, -0.1) is 0 Å². The van der Waals surface area contributed by atoms with Gasteiger partial charge >= 0.3 is 5.97 Å². The molecular weight excluding hydrogens is 270 g/mol. The minimum atomic E-state index is -0.472. The van der Waals surface area contributed by atoms with Crippen molar-refractivity contribution in [3.63, 3.8) is 0 Å². The molecule has 0 saturated heterocycles. The maximum atomic E-state index is 11.3. The maximum absolute atomic E-state index is 11.3. The summed E-state index contributed by atoms with van der Waals surface area (Å²) in [6.07, 6.45) is 0. The summed E-state index contributed by atoms with van der Waals surface area (Å²) in [5.41, 5.74) is 7.01. The van der Waals surface area contributed by atoms with Crippen molar-refractivity contribution in [2.75, 3.05) is 7.11 Å². The van der Waals surface area contributed by atoms with E-state index in [-0.39, 0.29) is 5.97 Å². The van der Waals surface area contributed by atoms with Crippen LogP contribution in [-0.4, -0.2) is 19.0 Å². The summed E-state index contributed by atoms with van der Waals surface area (Å²) < 4.78 is 10.2. The van der Waals surface area contributed by atoms with Gasteiger partial charge in [0.2, 0.25) is 5.91 Å². The quantitative estimate of drug-likeness (QED) is 0.854. The molecule has 2 N–H and O–H groups in total. The lowest BCUT2D eigenvalue weighted by Crippen LogP contribution is -2.10. The van der Waals surface area contributed by atoms with Crippen molar-refractivity contribution in [3.8, 4) is 5.75 Å². The molecule has 0 aliphatic heterocycles. The van der Waals surface area contributed by atoms with E-state index in [0.717, 1.165) is 5.56 Å². The predicted molar refractivity (Wildman–Crippen MR) is 77.1 cm³/mol. The van der Waals surface area contributed by atoms with Gasteiger partial charge < -0.3 is 15.2 Å². The number of hydrogen-bond acceptors (Lipinski definition) is 4. The zero-order chi connectivity index (χ0) is 15.2. The van der Waals surface area contributed by atoms with Gasteiger partial charge in [0.1, 0.15) is 12.4 Å². The third kappa shape index (κ3) is 3.82. The van der Waals surface area contributed by atoms with Crippen molar-refractivity contribution in [1.82, 2.24) is 0 Å². The third-order valence-electron chi connectivity index (χ3n) is 2.92. The molecule has 0 radical (unpaired) electrons. The summed E-state index contributed by atoms with van der Waals surface area (Å²) >= 11 is 0. The van der Waals surface area contributed by atoms with Gasteiger partial charge in [0.15, 0.2) is 0 Å². The van der Waals surface area contributed by atoms with E-state index in [0.29, 0.717) is 23.5 Å². The highest BCUT2D eigenvalue weighted by Gasteiger charge is 2.05. The van der Waals surface area contributed by atoms with Gasteiger partial charge in [0.05, 0.1) is 12.7 Å². The molecule has 0 atom stereocenters. The summed E-state index contributed by atoms with van der Waals surface area (Å²) in [5, 5.41) is 0. The summed E-state index contributed by atoms with van der Waals surface area (Å²) in [4.78, 5) is 22.2. The van der Waals surface area contributed by atoms with E-state index in [1.54, 1.807) is 48.5 Å². The molecule has 0 heterocycles. The molecule has 5 heteroatoms. The molecule has 5 nitrogen and oxygen atoms in total. The monoisotopic (exact) mass is 285 g/mol. The maximum Gasteiger partial charge on any atom is 0.337 e. The Morgan fingerprint density at radius 3 is 2.05 bits per heavy atom. The van der Waals surface area contributed by atoms with Crippen molar-refractivity contribution in [2.45, 2.75) is 6.61 Å². The molecule has 0 bridgehead atoms. The average Bonchev–Trinajstić information content (AvgIpc) is 2.53. The van der Waals surface area contributed by atoms with Crippen molar-refractivity contribution in [1.29, 1.82) is 0 Å². The van der Waals surface area contributed by atoms with Gasteiger partial charge in [-0.1, -0.05) is 12.1 Å². The lowest BCUT2D eigenvalue weighted by atomic mass is 10.1. The Balaban J connectivity index is 1.96. The molecule has 21 heavy (non-hydrogen) atoms. The van der Waals surface area contributed by atoms with E-state index < -0.39 is 5.91 Å². The van der Waals surface area contributed by atoms with Crippen LogP contribution in [0, 0.1) is 0 Å². The van der Waals surface area contributed by atoms with E-state index >= 15 is 0 Å². The van der Waals surface area contributed by atoms with Crippen LogP contribution < -0.4 is 10.5 Å². The first kappa shape index (κ1) is 14.6. The van der Waals surface area contributed by atoms with Crippen LogP contribution in [0.4, 0.5) is 0 Å². The molecular formula is C16H15NO4. The summed E-state index contributed by atoms with van der Waals surface area (Å²) in [7, 11) is 1.34. The van der Waals surface area contributed by atoms with Crippen LogP contribution in [-0.2, 0) is 11.3 Å². The molecule has 2 rings (SSSR count). The number of methoxy groups -OCH3 is 1. The van der Waals surface area contributed by atoms with Crippen LogP contribution in [0.3, 0.4) is 0 Å². The number of carbonyl (C=O) groups is 2. The zero-order valence-corrected chi connectivity index (χ0v) is 11.5. The van der Waals surface area contributed by atoms with Gasteiger partial charge in [0.25, 0.3) is 0 Å². The molecule has 0 fully saturated rings. The van der Waals surface area contributed by atoms with Gasteiger partial charge in [-0.25, -0.2) is 4.79 Å². The van der Waals surface area contributed by atoms with Crippen molar-refractivity contribution >= 4 is 11.9 Å². The molecule has 0 unspecified atom stereocenters. The molecule has 0 spiro atoms. The largest absolute Gasteiger partial charge is 0.489 e. The lowest BCUT2D eigenvalue weighted by molar-refractivity contribution is 0.0600. The summed E-state index contributed by atoms with van der Waals surface area (Å²) in [5.74, 6) is -0.207. The summed E-state index contributed by atoms with van der Waals surface area (Å²) in [6.45, 7) is 0.359. The molecule has 1 amide bonds. The Labute approximate surface area is 122 Å². The Kier molecular flexibility index (Phi) is 4.56. The third-order valence-corrected chi connectivity index (χ3v) is 2.92. The first-order valence-corrected chi connectivity index (χ1v) is 6.30. The SMILES string of the molecule is COC(=O)c1ccc(COc2ccc(C(N)=O)cc2)cc1. The van der Waals surface area contributed by atoms with Crippen LogP contribution >= 0.6 is 0 Å². The number of amides is 1. The van der Waals surface area contributed by atoms with E-state index in [4.69, 9.17) is 10.5 Å². The number of hydrogen-bond donors (Lipinski definition) is 1. The van der Waals surface area contributed by atoms with Gasteiger partial charge in [-0.3, -0.25) is 4.79 Å². The number of benzene rings is 2. The number of esters is 1. The molecule has 0 aliphatic carbocycles. The van der Waals surface area contributed by atoms with E-state index in [2.05, 4.69) is 4.74 Å². The highest BCUT2D eigenvalue weighted by Crippen LogP contribution is 2.14. The van der Waals surface area contributed by atoms with Crippen molar-refractivity contribution < 1.29 is 19.1 Å². The fourth-order valence-electron chi connectivity index (χ4n) is 1.74. The molecule has 108 valence electrons. The van der Waals surface area contributed by atoms with Gasteiger partial charge in [0, 0.05) is 5.56 Å². The first-order chi connectivity index (χ1) is 10.1. The predicted octanol–water partition coefficient (Wildman–Crippen LogP) is 2.15. The molecule has 0 saturated carbocycles. The number of primary amides is 1. The second kappa shape index (κ2) is 6.56. The van der Waals surface area contributed by atoms with Crippen LogP contribution in [0.5, 0.6) is 5.75 Å². The Morgan fingerprint density at radius 2 is 1.52 bits per heavy atom. The van der Waals surface area contributed by atoms with Crippen LogP contribution in [0.1, 0.15) is 26.3 Å². The fraction of sp³-hybridized carbons (Fsp3) is 0.125. The van der Waals surface area contributed by atoms with Gasteiger partial charge in [-0.05, 0) is 42.0 Å². The van der Waals surface area contributed by atoms with E-state index in [1.165, 1.54) is 7.11 Å². The average molecular weight is 285 g/mol. The second-order valence-electron chi connectivity index (χ2n) is 4.37. The number of rotatable bonds is 5. The topological polar surface area (TPSA) is 78.6 Å². The minimum absolute atomic E-state index is 0.359. The number of carbonyl (C=O) groups excluding carboxylic acids is 2. The van der Waals surface area contributed by atoms with Crippen LogP contribution in [0.25, 0.3) is 0 Å². The second-order valence-corrected chi connectivity index (χ2v) is 4.37. The normalized spacial score (nSPS) is 9.95. The highest BCUT2D eigenvalue weighted by molar-refractivity contribution is 5.92. The van der Waals surface area contributed by atoms with Crippen LogP contribution in [0.2, 0.25) is 0 Å². The Bertz CT molecular complexity index is 632. The van der Waals surface area contributed by atoms with E-state index in [1.807, 2.05) is 0 Å². The Morgan fingerprint density at radius 1 is 0.952 bits per heavy atom. The standard InChI is InChI=1S/C16H15NO4/c1-20-16(19)13-4-2-11(3-5-13)10-21-14-8-6-12(7-9-14)15(17)18/h2-9H,10H2,1H3,(H2,17,18).